The molecule has 1 N–H and O–H groups in total. The van der Waals surface area contributed by atoms with Crippen LogP contribution in [0.1, 0.15) is 28.8 Å². The minimum atomic E-state index is 0.657. The molecule has 0 radical (unpaired) electrons. The molecule has 0 atom stereocenters. The molecule has 0 amide bonds. The number of fused-ring (bicyclic) bond motifs is 2. The van der Waals surface area contributed by atoms with Crippen LogP contribution in [0.15, 0.2) is 24.5 Å². The SMILES string of the molecule is Cc1ccc(CNc2c3c(nc4ncnn24)CCC3)cc1Cl. The second-order valence-corrected chi connectivity index (χ2v) is 6.06. The molecule has 0 bridgehead atoms. The van der Waals surface area contributed by atoms with Gasteiger partial charge in [0.2, 0.25) is 0 Å². The number of anilines is 1. The van der Waals surface area contributed by atoms with Gasteiger partial charge in [0.15, 0.2) is 0 Å². The smallest absolute Gasteiger partial charge is 0.254 e. The predicted octanol–water partition coefficient (Wildman–Crippen LogP) is 3.19. The van der Waals surface area contributed by atoms with Crippen LogP contribution >= 0.6 is 11.6 Å². The third kappa shape index (κ3) is 2.22. The quantitative estimate of drug-likeness (QED) is 0.807. The van der Waals surface area contributed by atoms with Crippen LogP contribution in [0.3, 0.4) is 0 Å². The van der Waals surface area contributed by atoms with Crippen molar-refractivity contribution in [3.63, 3.8) is 0 Å². The topological polar surface area (TPSA) is 55.1 Å². The molecule has 1 aliphatic rings. The fourth-order valence-corrected chi connectivity index (χ4v) is 3.14. The number of rotatable bonds is 3. The largest absolute Gasteiger partial charge is 0.366 e. The number of aryl methyl sites for hydroxylation is 2. The van der Waals surface area contributed by atoms with Crippen molar-refractivity contribution in [3.8, 4) is 0 Å². The van der Waals surface area contributed by atoms with Gasteiger partial charge in [-0.3, -0.25) is 0 Å². The number of nitrogens with one attached hydrogen (secondary N) is 1. The highest BCUT2D eigenvalue weighted by Gasteiger charge is 2.20. The van der Waals surface area contributed by atoms with Gasteiger partial charge in [0, 0.05) is 17.1 Å². The van der Waals surface area contributed by atoms with Crippen molar-refractivity contribution < 1.29 is 0 Å². The van der Waals surface area contributed by atoms with Crippen molar-refractivity contribution in [3.05, 3.63) is 51.9 Å². The van der Waals surface area contributed by atoms with E-state index >= 15 is 0 Å². The standard InChI is InChI=1S/C16H16ClN5/c1-10-5-6-11(7-13(10)17)8-18-15-12-3-2-4-14(12)21-16-19-9-20-22(15)16/h5-7,9,18H,2-4,8H2,1H3. The summed E-state index contributed by atoms with van der Waals surface area (Å²) in [4.78, 5) is 8.80. The lowest BCUT2D eigenvalue weighted by atomic mass is 10.1. The summed E-state index contributed by atoms with van der Waals surface area (Å²) < 4.78 is 1.79. The zero-order chi connectivity index (χ0) is 15.1. The molecule has 5 nitrogen and oxygen atoms in total. The van der Waals surface area contributed by atoms with Crippen LogP contribution < -0.4 is 5.32 Å². The van der Waals surface area contributed by atoms with Crippen molar-refractivity contribution in [1.29, 1.82) is 0 Å². The minimum Gasteiger partial charge on any atom is -0.366 e. The lowest BCUT2D eigenvalue weighted by Crippen LogP contribution is -2.10. The molecule has 0 fully saturated rings. The van der Waals surface area contributed by atoms with E-state index in [9.17, 15) is 0 Å². The summed E-state index contributed by atoms with van der Waals surface area (Å²) in [6.45, 7) is 2.71. The van der Waals surface area contributed by atoms with Gasteiger partial charge in [0.1, 0.15) is 12.1 Å². The highest BCUT2D eigenvalue weighted by atomic mass is 35.5. The van der Waals surface area contributed by atoms with Gasteiger partial charge in [-0.2, -0.15) is 14.6 Å². The van der Waals surface area contributed by atoms with E-state index in [1.165, 1.54) is 5.56 Å². The Morgan fingerprint density at radius 1 is 1.32 bits per heavy atom. The molecule has 0 unspecified atom stereocenters. The molecular formula is C16H16ClN5. The lowest BCUT2D eigenvalue weighted by molar-refractivity contribution is 0.897. The van der Waals surface area contributed by atoms with Crippen LogP contribution in [0.25, 0.3) is 5.78 Å². The molecule has 0 aliphatic heterocycles. The first kappa shape index (κ1) is 13.5. The van der Waals surface area contributed by atoms with Crippen LogP contribution in [0, 0.1) is 6.92 Å². The minimum absolute atomic E-state index is 0.657. The zero-order valence-corrected chi connectivity index (χ0v) is 13.1. The Morgan fingerprint density at radius 2 is 2.23 bits per heavy atom. The van der Waals surface area contributed by atoms with Crippen molar-refractivity contribution in [2.24, 2.45) is 0 Å². The summed E-state index contributed by atoms with van der Waals surface area (Å²) in [6.07, 6.45) is 4.74. The summed E-state index contributed by atoms with van der Waals surface area (Å²) >= 11 is 6.20. The maximum absolute atomic E-state index is 6.20. The second-order valence-electron chi connectivity index (χ2n) is 5.65. The first-order valence-corrected chi connectivity index (χ1v) is 7.80. The van der Waals surface area contributed by atoms with E-state index in [4.69, 9.17) is 11.6 Å². The third-order valence-electron chi connectivity index (χ3n) is 4.15. The zero-order valence-electron chi connectivity index (χ0n) is 12.3. The van der Waals surface area contributed by atoms with Gasteiger partial charge in [-0.1, -0.05) is 23.7 Å². The van der Waals surface area contributed by atoms with Gasteiger partial charge in [-0.05, 0) is 43.4 Å². The van der Waals surface area contributed by atoms with E-state index in [0.717, 1.165) is 46.9 Å². The molecule has 0 spiro atoms. The van der Waals surface area contributed by atoms with Crippen LogP contribution in [0.5, 0.6) is 0 Å². The van der Waals surface area contributed by atoms with E-state index in [-0.39, 0.29) is 0 Å². The molecule has 6 heteroatoms. The Labute approximate surface area is 133 Å². The van der Waals surface area contributed by atoms with E-state index < -0.39 is 0 Å². The molecule has 2 heterocycles. The van der Waals surface area contributed by atoms with E-state index in [1.54, 1.807) is 10.8 Å². The fourth-order valence-electron chi connectivity index (χ4n) is 2.94. The number of aromatic nitrogens is 4. The molecule has 2 aromatic heterocycles. The average molecular weight is 314 g/mol. The molecule has 3 aromatic rings. The molecule has 0 saturated heterocycles. The second kappa shape index (κ2) is 5.25. The van der Waals surface area contributed by atoms with E-state index in [1.807, 2.05) is 19.1 Å². The summed E-state index contributed by atoms with van der Waals surface area (Å²) in [5.74, 6) is 1.66. The molecule has 1 aliphatic carbocycles. The van der Waals surface area contributed by atoms with Crippen molar-refractivity contribution >= 4 is 23.2 Å². The Hall–Kier alpha value is -2.14. The van der Waals surface area contributed by atoms with Crippen LogP contribution in [-0.2, 0) is 19.4 Å². The van der Waals surface area contributed by atoms with Gasteiger partial charge in [-0.25, -0.2) is 4.98 Å². The molecule has 4 rings (SSSR count). The first-order chi connectivity index (χ1) is 10.7. The highest BCUT2D eigenvalue weighted by molar-refractivity contribution is 6.31. The predicted molar refractivity (Wildman–Crippen MR) is 86.3 cm³/mol. The van der Waals surface area contributed by atoms with Gasteiger partial charge in [0.05, 0.1) is 5.69 Å². The average Bonchev–Trinajstić information content (AvgIpc) is 3.15. The summed E-state index contributed by atoms with van der Waals surface area (Å²) in [7, 11) is 0. The van der Waals surface area contributed by atoms with Crippen LogP contribution in [0.2, 0.25) is 5.02 Å². The van der Waals surface area contributed by atoms with E-state index in [2.05, 4.69) is 26.4 Å². The third-order valence-corrected chi connectivity index (χ3v) is 4.55. The maximum Gasteiger partial charge on any atom is 0.254 e. The van der Waals surface area contributed by atoms with Gasteiger partial charge in [-0.15, -0.1) is 0 Å². The molecule has 22 heavy (non-hydrogen) atoms. The van der Waals surface area contributed by atoms with Gasteiger partial charge >= 0.3 is 0 Å². The van der Waals surface area contributed by atoms with Gasteiger partial charge in [0.25, 0.3) is 5.78 Å². The Bertz CT molecular complexity index is 855. The molecular weight excluding hydrogens is 298 g/mol. The first-order valence-electron chi connectivity index (χ1n) is 7.43. The van der Waals surface area contributed by atoms with Crippen molar-refractivity contribution in [1.82, 2.24) is 19.6 Å². The van der Waals surface area contributed by atoms with Crippen LogP contribution in [0.4, 0.5) is 5.82 Å². The van der Waals surface area contributed by atoms with Gasteiger partial charge < -0.3 is 5.32 Å². The van der Waals surface area contributed by atoms with Crippen molar-refractivity contribution in [2.75, 3.05) is 5.32 Å². The number of nitrogens with zero attached hydrogens (tertiary/aromatic N) is 4. The monoisotopic (exact) mass is 313 g/mol. The molecule has 1 aromatic carbocycles. The fraction of sp³-hybridized carbons (Fsp3) is 0.312. The number of hydrogen-bond acceptors (Lipinski definition) is 4. The molecule has 0 saturated carbocycles. The Balaban J connectivity index is 1.69. The van der Waals surface area contributed by atoms with E-state index in [0.29, 0.717) is 12.3 Å². The van der Waals surface area contributed by atoms with Crippen LogP contribution in [-0.4, -0.2) is 19.6 Å². The number of hydrogen-bond donors (Lipinski definition) is 1. The maximum atomic E-state index is 6.20. The summed E-state index contributed by atoms with van der Waals surface area (Å²) in [5.41, 5.74) is 4.64. The highest BCUT2D eigenvalue weighted by Crippen LogP contribution is 2.28. The summed E-state index contributed by atoms with van der Waals surface area (Å²) in [5, 5.41) is 8.59. The number of benzene rings is 1. The Kier molecular flexibility index (Phi) is 3.22. The Morgan fingerprint density at radius 3 is 3.09 bits per heavy atom. The summed E-state index contributed by atoms with van der Waals surface area (Å²) in [6, 6.07) is 6.14. The lowest BCUT2D eigenvalue weighted by Gasteiger charge is -2.13. The normalized spacial score (nSPS) is 13.5. The molecule has 112 valence electrons. The van der Waals surface area contributed by atoms with Crippen molar-refractivity contribution in [2.45, 2.75) is 32.7 Å². The number of halogens is 1.